The number of anilines is 1. The highest BCUT2D eigenvalue weighted by atomic mass is 32.1. The highest BCUT2D eigenvalue weighted by Gasteiger charge is 2.14. The molecule has 0 saturated carbocycles. The van der Waals surface area contributed by atoms with Gasteiger partial charge in [0.2, 0.25) is 5.91 Å². The number of thiophene rings is 1. The molecule has 9 heteroatoms. The van der Waals surface area contributed by atoms with Crippen molar-refractivity contribution >= 4 is 39.6 Å². The molecule has 8 nitrogen and oxygen atoms in total. The Balaban J connectivity index is 1.76. The van der Waals surface area contributed by atoms with E-state index in [2.05, 4.69) is 20.8 Å². The van der Waals surface area contributed by atoms with Gasteiger partial charge in [0, 0.05) is 0 Å². The molecule has 0 radical (unpaired) electrons. The molecular weight excluding hydrogens is 344 g/mol. The van der Waals surface area contributed by atoms with Crippen LogP contribution in [-0.2, 0) is 4.79 Å². The Hall–Kier alpha value is -3.20. The van der Waals surface area contributed by atoms with Gasteiger partial charge in [0.05, 0.1) is 27.9 Å². The first-order valence-corrected chi connectivity index (χ1v) is 8.21. The van der Waals surface area contributed by atoms with Crippen LogP contribution in [0.15, 0.2) is 39.2 Å². The van der Waals surface area contributed by atoms with Crippen LogP contribution in [0, 0.1) is 6.92 Å². The zero-order chi connectivity index (χ0) is 18.0. The predicted octanol–water partition coefficient (Wildman–Crippen LogP) is 0.955. The van der Waals surface area contributed by atoms with Gasteiger partial charge < -0.3 is 10.6 Å². The average molecular weight is 358 g/mol. The number of hydrogen-bond acceptors (Lipinski definition) is 5. The monoisotopic (exact) mass is 358 g/mol. The molecule has 0 aliphatic carbocycles. The van der Waals surface area contributed by atoms with E-state index < -0.39 is 17.0 Å². The first-order valence-electron chi connectivity index (χ1n) is 7.33. The zero-order valence-electron chi connectivity index (χ0n) is 13.1. The van der Waals surface area contributed by atoms with Gasteiger partial charge in [0.1, 0.15) is 0 Å². The van der Waals surface area contributed by atoms with E-state index in [1.807, 2.05) is 13.0 Å². The number of aromatic nitrogens is 2. The van der Waals surface area contributed by atoms with E-state index in [1.54, 1.807) is 11.4 Å². The lowest BCUT2D eigenvalue weighted by Gasteiger charge is -2.08. The van der Waals surface area contributed by atoms with Gasteiger partial charge in [-0.2, -0.15) is 0 Å². The van der Waals surface area contributed by atoms with Crippen LogP contribution in [0.2, 0.25) is 0 Å². The van der Waals surface area contributed by atoms with Crippen LogP contribution in [0.1, 0.15) is 15.2 Å². The number of carbonyl (C=O) groups is 2. The molecule has 1 aromatic carbocycles. The number of nitrogens with one attached hydrogen (secondary N) is 4. The van der Waals surface area contributed by atoms with E-state index in [9.17, 15) is 19.2 Å². The second-order valence-corrected chi connectivity index (χ2v) is 6.22. The van der Waals surface area contributed by atoms with E-state index in [-0.39, 0.29) is 28.9 Å². The third-order valence-electron chi connectivity index (χ3n) is 3.58. The molecule has 0 unspecified atom stereocenters. The number of hydrogen-bond donors (Lipinski definition) is 4. The number of amides is 2. The van der Waals surface area contributed by atoms with E-state index in [1.165, 1.54) is 23.5 Å². The summed E-state index contributed by atoms with van der Waals surface area (Å²) in [7, 11) is 0. The summed E-state index contributed by atoms with van der Waals surface area (Å²) < 4.78 is 0. The minimum absolute atomic E-state index is 0.0834. The largest absolute Gasteiger partial charge is 0.342 e. The van der Waals surface area contributed by atoms with Crippen molar-refractivity contribution in [3.63, 3.8) is 0 Å². The topological polar surface area (TPSA) is 124 Å². The molecule has 0 aliphatic heterocycles. The number of rotatable bonds is 4. The molecule has 3 rings (SSSR count). The number of H-pyrrole nitrogens is 2. The van der Waals surface area contributed by atoms with Crippen molar-refractivity contribution in [2.75, 3.05) is 11.9 Å². The minimum Gasteiger partial charge on any atom is -0.342 e. The maximum absolute atomic E-state index is 12.1. The number of aromatic amines is 2. The molecule has 3 aromatic rings. The summed E-state index contributed by atoms with van der Waals surface area (Å²) in [6.07, 6.45) is 0. The Morgan fingerprint density at radius 1 is 1.12 bits per heavy atom. The summed E-state index contributed by atoms with van der Waals surface area (Å²) in [5.74, 6) is -0.843. The van der Waals surface area contributed by atoms with Crippen molar-refractivity contribution in [2.24, 2.45) is 0 Å². The number of benzene rings is 1. The Labute approximate surface area is 144 Å². The molecule has 0 fully saturated rings. The van der Waals surface area contributed by atoms with Crippen LogP contribution in [0.5, 0.6) is 0 Å². The minimum atomic E-state index is -0.524. The Kier molecular flexibility index (Phi) is 4.48. The van der Waals surface area contributed by atoms with E-state index in [0.29, 0.717) is 4.88 Å². The van der Waals surface area contributed by atoms with Crippen LogP contribution in [-0.4, -0.2) is 28.6 Å². The quantitative estimate of drug-likeness (QED) is 0.554. The second kappa shape index (κ2) is 6.73. The van der Waals surface area contributed by atoms with Crippen molar-refractivity contribution in [1.82, 2.24) is 15.5 Å². The highest BCUT2D eigenvalue weighted by Crippen LogP contribution is 2.17. The molecule has 0 saturated heterocycles. The van der Waals surface area contributed by atoms with E-state index in [0.717, 1.165) is 5.56 Å². The van der Waals surface area contributed by atoms with Crippen molar-refractivity contribution in [3.8, 4) is 0 Å². The van der Waals surface area contributed by atoms with Gasteiger partial charge >= 0.3 is 0 Å². The third kappa shape index (κ3) is 3.36. The fourth-order valence-electron chi connectivity index (χ4n) is 2.37. The Morgan fingerprint density at radius 2 is 1.88 bits per heavy atom. The molecule has 0 atom stereocenters. The predicted molar refractivity (Wildman–Crippen MR) is 95.2 cm³/mol. The van der Waals surface area contributed by atoms with Crippen LogP contribution in [0.4, 0.5) is 5.69 Å². The SMILES string of the molecule is Cc1ccsc1C(=O)NCC(=O)Nc1cccc2c(=O)[nH][nH]c(=O)c12. The first-order chi connectivity index (χ1) is 12.0. The van der Waals surface area contributed by atoms with Crippen LogP contribution < -0.4 is 21.8 Å². The molecule has 0 bridgehead atoms. The van der Waals surface area contributed by atoms with Crippen molar-refractivity contribution in [3.05, 3.63) is 60.8 Å². The lowest BCUT2D eigenvalue weighted by atomic mass is 10.1. The van der Waals surface area contributed by atoms with Gasteiger partial charge in [0.25, 0.3) is 17.0 Å². The normalized spacial score (nSPS) is 10.6. The zero-order valence-corrected chi connectivity index (χ0v) is 14.0. The molecule has 4 N–H and O–H groups in total. The lowest BCUT2D eigenvalue weighted by Crippen LogP contribution is -2.33. The van der Waals surface area contributed by atoms with Gasteiger partial charge in [-0.3, -0.25) is 29.4 Å². The number of carbonyl (C=O) groups excluding carboxylic acids is 2. The Morgan fingerprint density at radius 3 is 2.60 bits per heavy atom. The Bertz CT molecular complexity index is 1080. The molecule has 2 heterocycles. The fraction of sp³-hybridized carbons (Fsp3) is 0.125. The van der Waals surface area contributed by atoms with Crippen LogP contribution >= 0.6 is 11.3 Å². The number of aryl methyl sites for hydroxylation is 1. The van der Waals surface area contributed by atoms with E-state index >= 15 is 0 Å². The van der Waals surface area contributed by atoms with Crippen molar-refractivity contribution in [1.29, 1.82) is 0 Å². The molecule has 128 valence electrons. The summed E-state index contributed by atoms with van der Waals surface area (Å²) in [5.41, 5.74) is 0.0510. The summed E-state index contributed by atoms with van der Waals surface area (Å²) in [4.78, 5) is 48.3. The van der Waals surface area contributed by atoms with Crippen molar-refractivity contribution in [2.45, 2.75) is 6.92 Å². The van der Waals surface area contributed by atoms with E-state index in [4.69, 9.17) is 0 Å². The molecular formula is C16H14N4O4S. The maximum atomic E-state index is 12.1. The summed E-state index contributed by atoms with van der Waals surface area (Å²) in [6, 6.07) is 6.38. The smallest absolute Gasteiger partial charge is 0.272 e. The lowest BCUT2D eigenvalue weighted by molar-refractivity contribution is -0.115. The second-order valence-electron chi connectivity index (χ2n) is 5.30. The maximum Gasteiger partial charge on any atom is 0.272 e. The van der Waals surface area contributed by atoms with Crippen LogP contribution in [0.25, 0.3) is 10.8 Å². The molecule has 2 aromatic heterocycles. The standard InChI is InChI=1S/C16H14N4O4S/c1-8-5-6-25-13(8)16(24)17-7-11(21)18-10-4-2-3-9-12(10)15(23)20-19-14(9)22/h2-6H,7H2,1H3,(H,17,24)(H,18,21)(H,19,22)(H,20,23). The summed E-state index contributed by atoms with van der Waals surface area (Å²) in [6.45, 7) is 1.55. The molecule has 0 spiro atoms. The molecule has 0 aliphatic rings. The van der Waals surface area contributed by atoms with Gasteiger partial charge in [-0.15, -0.1) is 11.3 Å². The summed E-state index contributed by atoms with van der Waals surface area (Å²) >= 11 is 1.29. The van der Waals surface area contributed by atoms with Crippen LogP contribution in [0.3, 0.4) is 0 Å². The molecule has 25 heavy (non-hydrogen) atoms. The molecule has 2 amide bonds. The van der Waals surface area contributed by atoms with Crippen molar-refractivity contribution < 1.29 is 9.59 Å². The first kappa shape index (κ1) is 16.7. The highest BCUT2D eigenvalue weighted by molar-refractivity contribution is 7.12. The fourth-order valence-corrected chi connectivity index (χ4v) is 3.22. The van der Waals surface area contributed by atoms with Gasteiger partial charge in [-0.1, -0.05) is 6.07 Å². The number of fused-ring (bicyclic) bond motifs is 1. The van der Waals surface area contributed by atoms with Gasteiger partial charge in [-0.05, 0) is 36.1 Å². The third-order valence-corrected chi connectivity index (χ3v) is 4.59. The summed E-state index contributed by atoms with van der Waals surface area (Å²) in [5, 5.41) is 11.6. The van der Waals surface area contributed by atoms with Gasteiger partial charge in [0.15, 0.2) is 0 Å². The van der Waals surface area contributed by atoms with Gasteiger partial charge in [-0.25, -0.2) is 0 Å². The average Bonchev–Trinajstić information content (AvgIpc) is 3.02.